The van der Waals surface area contributed by atoms with Gasteiger partial charge in [0.2, 0.25) is 0 Å². The number of para-hydroxylation sites is 1. The number of nitrogens with zero attached hydrogens (tertiary/aromatic N) is 1. The Kier molecular flexibility index (Phi) is 4.59. The minimum Gasteiger partial charge on any atom is -0.320 e. The predicted molar refractivity (Wildman–Crippen MR) is 83.9 cm³/mol. The molecular weight excluding hydrogens is 344 g/mol. The lowest BCUT2D eigenvalue weighted by molar-refractivity contribution is 0.102. The molecule has 0 spiro atoms. The number of nitrogens with two attached hydrogens (primary N) is 1. The van der Waals surface area contributed by atoms with E-state index in [1.54, 1.807) is 18.3 Å². The first-order valence-corrected chi connectivity index (χ1v) is 6.88. The summed E-state index contributed by atoms with van der Waals surface area (Å²) in [7, 11) is 0. The predicted octanol–water partition coefficient (Wildman–Crippen LogP) is 3.34. The number of nitrogen functional groups attached to an aromatic ring is 1. The Morgan fingerprint density at radius 2 is 2.20 bits per heavy atom. The molecule has 0 unspecified atom stereocenters. The van der Waals surface area contributed by atoms with E-state index in [1.807, 2.05) is 19.1 Å². The second-order valence-electron chi connectivity index (χ2n) is 4.08. The second kappa shape index (κ2) is 6.21. The van der Waals surface area contributed by atoms with E-state index >= 15 is 0 Å². The molecule has 2 rings (SSSR count). The highest BCUT2D eigenvalue weighted by atomic mass is 79.9. The molecule has 1 aromatic heterocycles. The number of halogens is 2. The van der Waals surface area contributed by atoms with E-state index in [0.717, 1.165) is 5.56 Å². The normalized spacial score (nSPS) is 10.2. The number of pyridine rings is 1. The summed E-state index contributed by atoms with van der Waals surface area (Å²) >= 11 is 9.36. The summed E-state index contributed by atoms with van der Waals surface area (Å²) in [5, 5.41) is 3.24. The summed E-state index contributed by atoms with van der Waals surface area (Å²) in [6, 6.07) is 7.03. The maximum absolute atomic E-state index is 12.3. The topological polar surface area (TPSA) is 80.0 Å². The molecular formula is C13H12BrClN4O. The van der Waals surface area contributed by atoms with Crippen molar-refractivity contribution in [3.63, 3.8) is 0 Å². The van der Waals surface area contributed by atoms with Crippen molar-refractivity contribution in [2.45, 2.75) is 6.92 Å². The van der Waals surface area contributed by atoms with Crippen molar-refractivity contribution >= 4 is 44.9 Å². The largest absolute Gasteiger partial charge is 0.320 e. The molecule has 0 bridgehead atoms. The van der Waals surface area contributed by atoms with Crippen LogP contribution in [0.15, 0.2) is 34.9 Å². The monoisotopic (exact) mass is 354 g/mol. The molecule has 0 fully saturated rings. The number of aromatic nitrogens is 1. The molecule has 2 aromatic rings. The standard InChI is InChI=1S/C13H12BrClN4O/c1-7-3-2-4-10(15)11(7)18-13(20)9-5-8(14)6-17-12(9)19-16/h2-6H,16H2,1H3,(H,17,19)(H,18,20). The van der Waals surface area contributed by atoms with Gasteiger partial charge in [-0.2, -0.15) is 0 Å². The molecule has 4 N–H and O–H groups in total. The van der Waals surface area contributed by atoms with Crippen LogP contribution in [0.1, 0.15) is 15.9 Å². The highest BCUT2D eigenvalue weighted by molar-refractivity contribution is 9.10. The van der Waals surface area contributed by atoms with Crippen LogP contribution in [0.4, 0.5) is 11.5 Å². The Morgan fingerprint density at radius 3 is 2.85 bits per heavy atom. The molecule has 1 heterocycles. The molecule has 0 radical (unpaired) electrons. The van der Waals surface area contributed by atoms with Gasteiger partial charge in [0, 0.05) is 10.7 Å². The number of carbonyl (C=O) groups is 1. The molecule has 104 valence electrons. The maximum atomic E-state index is 12.3. The molecule has 0 saturated heterocycles. The maximum Gasteiger partial charge on any atom is 0.259 e. The lowest BCUT2D eigenvalue weighted by Crippen LogP contribution is -2.19. The average Bonchev–Trinajstić information content (AvgIpc) is 2.43. The van der Waals surface area contributed by atoms with Gasteiger partial charge >= 0.3 is 0 Å². The van der Waals surface area contributed by atoms with Crippen LogP contribution in [0.25, 0.3) is 0 Å². The van der Waals surface area contributed by atoms with E-state index in [1.165, 1.54) is 0 Å². The molecule has 1 amide bonds. The summed E-state index contributed by atoms with van der Waals surface area (Å²) in [5.74, 6) is 5.30. The molecule has 0 aliphatic rings. The van der Waals surface area contributed by atoms with Gasteiger partial charge in [0.25, 0.3) is 5.91 Å². The number of rotatable bonds is 3. The van der Waals surface area contributed by atoms with E-state index < -0.39 is 0 Å². The Hall–Kier alpha value is -1.63. The van der Waals surface area contributed by atoms with Crippen molar-refractivity contribution in [3.8, 4) is 0 Å². The van der Waals surface area contributed by atoms with Crippen LogP contribution < -0.4 is 16.6 Å². The molecule has 20 heavy (non-hydrogen) atoms. The van der Waals surface area contributed by atoms with Crippen LogP contribution in [-0.2, 0) is 0 Å². The number of aryl methyl sites for hydroxylation is 1. The Bertz CT molecular complexity index is 643. The van der Waals surface area contributed by atoms with Gasteiger partial charge in [0.15, 0.2) is 5.82 Å². The second-order valence-corrected chi connectivity index (χ2v) is 5.40. The van der Waals surface area contributed by atoms with Gasteiger partial charge in [0.05, 0.1) is 16.3 Å². The molecule has 7 heteroatoms. The number of hydrazine groups is 1. The van der Waals surface area contributed by atoms with Crippen molar-refractivity contribution in [1.82, 2.24) is 4.98 Å². The molecule has 0 atom stereocenters. The van der Waals surface area contributed by atoms with Crippen LogP contribution in [0.3, 0.4) is 0 Å². The van der Waals surface area contributed by atoms with Gasteiger partial charge in [-0.1, -0.05) is 23.7 Å². The minimum absolute atomic E-state index is 0.287. The number of anilines is 2. The lowest BCUT2D eigenvalue weighted by Gasteiger charge is -2.12. The van der Waals surface area contributed by atoms with Crippen LogP contribution >= 0.6 is 27.5 Å². The minimum atomic E-state index is -0.344. The van der Waals surface area contributed by atoms with Crippen molar-refractivity contribution in [1.29, 1.82) is 0 Å². The van der Waals surface area contributed by atoms with E-state index in [9.17, 15) is 4.79 Å². The zero-order valence-electron chi connectivity index (χ0n) is 10.6. The number of hydrogen-bond donors (Lipinski definition) is 3. The first kappa shape index (κ1) is 14.8. The highest BCUT2D eigenvalue weighted by Crippen LogP contribution is 2.27. The molecule has 1 aromatic carbocycles. The van der Waals surface area contributed by atoms with Crippen LogP contribution in [0.2, 0.25) is 5.02 Å². The molecule has 5 nitrogen and oxygen atoms in total. The van der Waals surface area contributed by atoms with Crippen LogP contribution in [0, 0.1) is 6.92 Å². The Morgan fingerprint density at radius 1 is 1.45 bits per heavy atom. The smallest absolute Gasteiger partial charge is 0.259 e. The van der Waals surface area contributed by atoms with E-state index in [0.29, 0.717) is 20.7 Å². The van der Waals surface area contributed by atoms with Gasteiger partial charge in [0.1, 0.15) is 0 Å². The zero-order chi connectivity index (χ0) is 14.7. The summed E-state index contributed by atoms with van der Waals surface area (Å²) in [6.45, 7) is 1.86. The number of amides is 1. The van der Waals surface area contributed by atoms with Gasteiger partial charge in [-0.15, -0.1) is 0 Å². The highest BCUT2D eigenvalue weighted by Gasteiger charge is 2.15. The number of hydrogen-bond acceptors (Lipinski definition) is 4. The Balaban J connectivity index is 2.35. The van der Waals surface area contributed by atoms with Crippen molar-refractivity contribution in [3.05, 3.63) is 51.1 Å². The molecule has 0 aliphatic heterocycles. The Labute approximate surface area is 129 Å². The third kappa shape index (κ3) is 3.09. The van der Waals surface area contributed by atoms with Crippen LogP contribution in [0.5, 0.6) is 0 Å². The molecule has 0 aliphatic carbocycles. The number of nitrogens with one attached hydrogen (secondary N) is 2. The number of benzene rings is 1. The van der Waals surface area contributed by atoms with Crippen molar-refractivity contribution in [2.75, 3.05) is 10.7 Å². The van der Waals surface area contributed by atoms with Crippen LogP contribution in [-0.4, -0.2) is 10.9 Å². The SMILES string of the molecule is Cc1cccc(Cl)c1NC(=O)c1cc(Br)cnc1NN. The van der Waals surface area contributed by atoms with Gasteiger partial charge in [-0.25, -0.2) is 10.8 Å². The first-order chi connectivity index (χ1) is 9.52. The van der Waals surface area contributed by atoms with Crippen molar-refractivity contribution in [2.24, 2.45) is 5.84 Å². The third-order valence-corrected chi connectivity index (χ3v) is 3.44. The van der Waals surface area contributed by atoms with Gasteiger partial charge < -0.3 is 10.7 Å². The number of carbonyl (C=O) groups excluding carboxylic acids is 1. The van der Waals surface area contributed by atoms with Gasteiger partial charge in [-0.05, 0) is 40.5 Å². The fourth-order valence-electron chi connectivity index (χ4n) is 1.70. The fourth-order valence-corrected chi connectivity index (χ4v) is 2.30. The third-order valence-electron chi connectivity index (χ3n) is 2.70. The summed E-state index contributed by atoms with van der Waals surface area (Å²) in [6.07, 6.45) is 1.55. The quantitative estimate of drug-likeness (QED) is 0.583. The lowest BCUT2D eigenvalue weighted by atomic mass is 10.2. The fraction of sp³-hybridized carbons (Fsp3) is 0.0769. The average molecular weight is 356 g/mol. The molecule has 0 saturated carbocycles. The summed E-state index contributed by atoms with van der Waals surface area (Å²) < 4.78 is 0.678. The van der Waals surface area contributed by atoms with Crippen molar-refractivity contribution < 1.29 is 4.79 Å². The van der Waals surface area contributed by atoms with E-state index in [2.05, 4.69) is 31.7 Å². The summed E-state index contributed by atoms with van der Waals surface area (Å²) in [4.78, 5) is 16.4. The first-order valence-electron chi connectivity index (χ1n) is 5.71. The van der Waals surface area contributed by atoms with E-state index in [4.69, 9.17) is 17.4 Å². The van der Waals surface area contributed by atoms with Gasteiger partial charge in [-0.3, -0.25) is 4.79 Å². The summed E-state index contributed by atoms with van der Waals surface area (Å²) in [5.41, 5.74) is 4.16. The zero-order valence-corrected chi connectivity index (χ0v) is 12.9. The van der Waals surface area contributed by atoms with E-state index in [-0.39, 0.29) is 11.7 Å².